The Kier molecular flexibility index (Phi) is 5.11. The highest BCUT2D eigenvalue weighted by molar-refractivity contribution is 5.96. The van der Waals surface area contributed by atoms with E-state index in [9.17, 15) is 14.0 Å². The van der Waals surface area contributed by atoms with Crippen molar-refractivity contribution in [2.45, 2.75) is 13.5 Å². The maximum absolute atomic E-state index is 13.1. The van der Waals surface area contributed by atoms with Crippen molar-refractivity contribution in [3.8, 4) is 0 Å². The summed E-state index contributed by atoms with van der Waals surface area (Å²) in [4.78, 5) is 25.6. The smallest absolute Gasteiger partial charge is 0.253 e. The summed E-state index contributed by atoms with van der Waals surface area (Å²) >= 11 is 0. The largest absolute Gasteiger partial charge is 0.348 e. The van der Waals surface area contributed by atoms with Crippen LogP contribution in [0.15, 0.2) is 42.5 Å². The number of halogens is 1. The minimum atomic E-state index is -0.367. The SMILES string of the molecule is Cc1cc(F)ccc1C(=O)NCc1cccc(C(=O)N(C)C)c1. The molecule has 4 nitrogen and oxygen atoms in total. The fraction of sp³-hybridized carbons (Fsp3) is 0.222. The van der Waals surface area contributed by atoms with Crippen molar-refractivity contribution >= 4 is 11.8 Å². The van der Waals surface area contributed by atoms with Crippen LogP contribution in [0.4, 0.5) is 4.39 Å². The van der Waals surface area contributed by atoms with Gasteiger partial charge in [0.2, 0.25) is 0 Å². The van der Waals surface area contributed by atoms with Gasteiger partial charge in [-0.25, -0.2) is 4.39 Å². The summed E-state index contributed by atoms with van der Waals surface area (Å²) in [5.41, 5.74) is 2.41. The van der Waals surface area contributed by atoms with Gasteiger partial charge in [-0.2, -0.15) is 0 Å². The standard InChI is InChI=1S/C18H19FN2O2/c1-12-9-15(19)7-8-16(12)17(22)20-11-13-5-4-6-14(10-13)18(23)21(2)3/h4-10H,11H2,1-3H3,(H,20,22). The normalized spacial score (nSPS) is 10.3. The molecule has 2 aromatic rings. The first-order valence-corrected chi connectivity index (χ1v) is 7.23. The third-order valence-corrected chi connectivity index (χ3v) is 3.47. The highest BCUT2D eigenvalue weighted by Crippen LogP contribution is 2.11. The first-order chi connectivity index (χ1) is 10.9. The molecule has 2 amide bonds. The number of carbonyl (C=O) groups excluding carboxylic acids is 2. The van der Waals surface area contributed by atoms with Crippen molar-refractivity contribution < 1.29 is 14.0 Å². The highest BCUT2D eigenvalue weighted by atomic mass is 19.1. The van der Waals surface area contributed by atoms with Gasteiger partial charge in [0, 0.05) is 31.8 Å². The topological polar surface area (TPSA) is 49.4 Å². The fourth-order valence-electron chi connectivity index (χ4n) is 2.23. The molecule has 2 aromatic carbocycles. The van der Waals surface area contributed by atoms with E-state index in [1.165, 1.54) is 23.1 Å². The molecule has 0 aliphatic carbocycles. The molecular formula is C18H19FN2O2. The van der Waals surface area contributed by atoms with Gasteiger partial charge in [-0.05, 0) is 48.4 Å². The predicted molar refractivity (Wildman–Crippen MR) is 86.8 cm³/mol. The van der Waals surface area contributed by atoms with Crippen LogP contribution in [-0.2, 0) is 6.54 Å². The molecule has 0 fully saturated rings. The number of hydrogen-bond donors (Lipinski definition) is 1. The molecule has 1 N–H and O–H groups in total. The zero-order valence-electron chi connectivity index (χ0n) is 13.4. The van der Waals surface area contributed by atoms with Crippen LogP contribution in [0, 0.1) is 12.7 Å². The van der Waals surface area contributed by atoms with E-state index in [1.54, 1.807) is 39.2 Å². The monoisotopic (exact) mass is 314 g/mol. The van der Waals surface area contributed by atoms with Gasteiger partial charge in [0.25, 0.3) is 11.8 Å². The van der Waals surface area contributed by atoms with Gasteiger partial charge in [-0.15, -0.1) is 0 Å². The van der Waals surface area contributed by atoms with E-state index in [0.717, 1.165) is 5.56 Å². The van der Waals surface area contributed by atoms with E-state index >= 15 is 0 Å². The summed E-state index contributed by atoms with van der Waals surface area (Å²) in [7, 11) is 3.38. The van der Waals surface area contributed by atoms with Gasteiger partial charge in [0.05, 0.1) is 0 Å². The number of aryl methyl sites for hydroxylation is 1. The van der Waals surface area contributed by atoms with Crippen LogP contribution in [0.25, 0.3) is 0 Å². The molecule has 0 aromatic heterocycles. The molecule has 0 spiro atoms. The molecule has 0 aliphatic rings. The second-order valence-electron chi connectivity index (χ2n) is 5.54. The first-order valence-electron chi connectivity index (χ1n) is 7.23. The Morgan fingerprint density at radius 2 is 1.87 bits per heavy atom. The molecule has 2 rings (SSSR count). The minimum absolute atomic E-state index is 0.0902. The predicted octanol–water partition coefficient (Wildman–Crippen LogP) is 2.77. The number of amides is 2. The number of nitrogens with zero attached hydrogens (tertiary/aromatic N) is 1. The Labute approximate surface area is 134 Å². The van der Waals surface area contributed by atoms with Crippen LogP contribution in [0.1, 0.15) is 31.8 Å². The van der Waals surface area contributed by atoms with E-state index in [2.05, 4.69) is 5.32 Å². The lowest BCUT2D eigenvalue weighted by Gasteiger charge is -2.12. The first kappa shape index (κ1) is 16.7. The van der Waals surface area contributed by atoms with Gasteiger partial charge in [0.15, 0.2) is 0 Å². The Hall–Kier alpha value is -2.69. The fourth-order valence-corrected chi connectivity index (χ4v) is 2.23. The minimum Gasteiger partial charge on any atom is -0.348 e. The lowest BCUT2D eigenvalue weighted by Crippen LogP contribution is -2.24. The summed E-state index contributed by atoms with van der Waals surface area (Å²) in [5, 5.41) is 2.78. The number of benzene rings is 2. The molecule has 23 heavy (non-hydrogen) atoms. The van der Waals surface area contributed by atoms with Crippen LogP contribution < -0.4 is 5.32 Å². The van der Waals surface area contributed by atoms with Crippen molar-refractivity contribution in [3.63, 3.8) is 0 Å². The van der Waals surface area contributed by atoms with Crippen molar-refractivity contribution in [1.29, 1.82) is 0 Å². The average molecular weight is 314 g/mol. The van der Waals surface area contributed by atoms with Gasteiger partial charge in [-0.1, -0.05) is 12.1 Å². The maximum Gasteiger partial charge on any atom is 0.253 e. The summed E-state index contributed by atoms with van der Waals surface area (Å²) < 4.78 is 13.1. The van der Waals surface area contributed by atoms with Crippen molar-refractivity contribution in [2.24, 2.45) is 0 Å². The lowest BCUT2D eigenvalue weighted by molar-refractivity contribution is 0.0827. The summed E-state index contributed by atoms with van der Waals surface area (Å²) in [6, 6.07) is 11.2. The molecule has 0 radical (unpaired) electrons. The zero-order valence-corrected chi connectivity index (χ0v) is 13.4. The van der Waals surface area contributed by atoms with Crippen LogP contribution in [0.3, 0.4) is 0 Å². The third kappa shape index (κ3) is 4.16. The van der Waals surface area contributed by atoms with Gasteiger partial charge < -0.3 is 10.2 Å². The highest BCUT2D eigenvalue weighted by Gasteiger charge is 2.11. The van der Waals surface area contributed by atoms with Crippen LogP contribution in [0.2, 0.25) is 0 Å². The molecule has 0 atom stereocenters. The van der Waals surface area contributed by atoms with Gasteiger partial charge in [-0.3, -0.25) is 9.59 Å². The molecule has 5 heteroatoms. The van der Waals surface area contributed by atoms with Crippen LogP contribution >= 0.6 is 0 Å². The molecule has 0 saturated heterocycles. The average Bonchev–Trinajstić information content (AvgIpc) is 2.52. The quantitative estimate of drug-likeness (QED) is 0.943. The van der Waals surface area contributed by atoms with Crippen molar-refractivity contribution in [2.75, 3.05) is 14.1 Å². The molecule has 0 saturated carbocycles. The number of nitrogens with one attached hydrogen (secondary N) is 1. The summed E-state index contributed by atoms with van der Waals surface area (Å²) in [5.74, 6) is -0.728. The zero-order chi connectivity index (χ0) is 17.0. The molecule has 0 aliphatic heterocycles. The Morgan fingerprint density at radius 3 is 2.52 bits per heavy atom. The van der Waals surface area contributed by atoms with E-state index < -0.39 is 0 Å². The van der Waals surface area contributed by atoms with Gasteiger partial charge in [0.1, 0.15) is 5.82 Å². The molecule has 120 valence electrons. The van der Waals surface area contributed by atoms with Crippen molar-refractivity contribution in [3.05, 3.63) is 70.5 Å². The van der Waals surface area contributed by atoms with Crippen LogP contribution in [-0.4, -0.2) is 30.8 Å². The van der Waals surface area contributed by atoms with E-state index in [0.29, 0.717) is 23.2 Å². The Morgan fingerprint density at radius 1 is 1.13 bits per heavy atom. The number of carbonyl (C=O) groups is 2. The van der Waals surface area contributed by atoms with E-state index in [4.69, 9.17) is 0 Å². The Balaban J connectivity index is 2.07. The second-order valence-corrected chi connectivity index (χ2v) is 5.54. The maximum atomic E-state index is 13.1. The van der Waals surface area contributed by atoms with Crippen LogP contribution in [0.5, 0.6) is 0 Å². The third-order valence-electron chi connectivity index (χ3n) is 3.47. The second kappa shape index (κ2) is 7.05. The summed E-state index contributed by atoms with van der Waals surface area (Å²) in [6.07, 6.45) is 0. The van der Waals surface area contributed by atoms with Gasteiger partial charge >= 0.3 is 0 Å². The number of hydrogen-bond acceptors (Lipinski definition) is 2. The molecule has 0 heterocycles. The molecule has 0 bridgehead atoms. The summed E-state index contributed by atoms with van der Waals surface area (Å²) in [6.45, 7) is 1.98. The van der Waals surface area contributed by atoms with E-state index in [-0.39, 0.29) is 17.6 Å². The lowest BCUT2D eigenvalue weighted by atomic mass is 10.1. The molecular weight excluding hydrogens is 295 g/mol. The Bertz CT molecular complexity index is 742. The van der Waals surface area contributed by atoms with E-state index in [1.807, 2.05) is 6.07 Å². The molecule has 0 unspecified atom stereocenters. The van der Waals surface area contributed by atoms with Crippen molar-refractivity contribution in [1.82, 2.24) is 10.2 Å². The number of rotatable bonds is 4.